The number of nitrogens with zero attached hydrogens (tertiary/aromatic N) is 1. The van der Waals surface area contributed by atoms with Crippen LogP contribution in [0.5, 0.6) is 0 Å². The molecule has 0 aliphatic carbocycles. The molecule has 0 aromatic heterocycles. The predicted molar refractivity (Wildman–Crippen MR) is 60.4 cm³/mol. The number of fused-ring (bicyclic) bond motifs is 1. The van der Waals surface area contributed by atoms with Crippen LogP contribution in [0.1, 0.15) is 18.1 Å². The van der Waals surface area contributed by atoms with E-state index in [4.69, 9.17) is 0 Å². The van der Waals surface area contributed by atoms with Crippen molar-refractivity contribution in [3.8, 4) is 0 Å². The van der Waals surface area contributed by atoms with Gasteiger partial charge in [-0.2, -0.15) is 0 Å². The fraction of sp³-hybridized carbons (Fsp3) is 0.455. The van der Waals surface area contributed by atoms with Crippen LogP contribution in [-0.2, 0) is 13.0 Å². The molecule has 1 N–H and O–H groups in total. The second kappa shape index (κ2) is 3.75. The summed E-state index contributed by atoms with van der Waals surface area (Å²) in [6, 6.07) is 6.46. The van der Waals surface area contributed by atoms with Crippen molar-refractivity contribution < 1.29 is 5.11 Å². The summed E-state index contributed by atoms with van der Waals surface area (Å²) in [5, 5.41) is 9.52. The van der Waals surface area contributed by atoms with Crippen LogP contribution in [0, 0.1) is 0 Å². The molecule has 1 aliphatic heterocycles. The van der Waals surface area contributed by atoms with Gasteiger partial charge in [-0.25, -0.2) is 0 Å². The molecule has 2 rings (SSSR count). The molecule has 1 aliphatic rings. The third-order valence-corrected chi connectivity index (χ3v) is 3.07. The van der Waals surface area contributed by atoms with Gasteiger partial charge in [0.2, 0.25) is 0 Å². The van der Waals surface area contributed by atoms with E-state index >= 15 is 0 Å². The molecule has 0 bridgehead atoms. The molecule has 0 spiro atoms. The van der Waals surface area contributed by atoms with E-state index in [1.807, 2.05) is 6.92 Å². The SMILES string of the molecule is Bc1cccc2c1CN(C(C)O)CC2. The normalized spacial score (nSPS) is 19.0. The van der Waals surface area contributed by atoms with Crippen molar-refractivity contribution in [1.82, 2.24) is 4.90 Å². The molecule has 0 fully saturated rings. The van der Waals surface area contributed by atoms with Gasteiger partial charge in [0.1, 0.15) is 14.1 Å². The lowest BCUT2D eigenvalue weighted by molar-refractivity contribution is 0.00943. The van der Waals surface area contributed by atoms with E-state index in [1.54, 1.807) is 0 Å². The molecule has 1 aromatic carbocycles. The van der Waals surface area contributed by atoms with Crippen molar-refractivity contribution in [2.24, 2.45) is 0 Å². The van der Waals surface area contributed by atoms with Crippen LogP contribution in [0.3, 0.4) is 0 Å². The van der Waals surface area contributed by atoms with Gasteiger partial charge in [-0.05, 0) is 24.5 Å². The number of hydrogen-bond acceptors (Lipinski definition) is 2. The highest BCUT2D eigenvalue weighted by molar-refractivity contribution is 6.33. The van der Waals surface area contributed by atoms with Crippen LogP contribution < -0.4 is 5.46 Å². The zero-order valence-electron chi connectivity index (χ0n) is 8.83. The Labute approximate surface area is 86.0 Å². The molecule has 74 valence electrons. The Hall–Kier alpha value is -0.795. The third kappa shape index (κ3) is 1.70. The van der Waals surface area contributed by atoms with Gasteiger partial charge < -0.3 is 5.11 Å². The first-order valence-electron chi connectivity index (χ1n) is 5.18. The Morgan fingerprint density at radius 3 is 3.00 bits per heavy atom. The first-order valence-corrected chi connectivity index (χ1v) is 5.18. The monoisotopic (exact) mass is 189 g/mol. The first kappa shape index (κ1) is 9.75. The van der Waals surface area contributed by atoms with E-state index in [0.717, 1.165) is 19.5 Å². The highest BCUT2D eigenvalue weighted by atomic mass is 16.3. The highest BCUT2D eigenvalue weighted by Gasteiger charge is 2.19. The van der Waals surface area contributed by atoms with Crippen molar-refractivity contribution in [3.63, 3.8) is 0 Å². The molecule has 0 saturated heterocycles. The maximum Gasteiger partial charge on any atom is 0.139 e. The van der Waals surface area contributed by atoms with Crippen molar-refractivity contribution >= 4 is 13.3 Å². The topological polar surface area (TPSA) is 23.5 Å². The highest BCUT2D eigenvalue weighted by Crippen LogP contribution is 2.17. The van der Waals surface area contributed by atoms with Gasteiger partial charge in [0.05, 0.1) is 0 Å². The maximum atomic E-state index is 9.52. The quantitative estimate of drug-likeness (QED) is 0.610. The third-order valence-electron chi connectivity index (χ3n) is 3.07. The zero-order valence-corrected chi connectivity index (χ0v) is 8.83. The number of hydrogen-bond donors (Lipinski definition) is 1. The lowest BCUT2D eigenvalue weighted by Gasteiger charge is -2.31. The minimum atomic E-state index is -0.331. The van der Waals surface area contributed by atoms with E-state index in [-0.39, 0.29) is 6.23 Å². The van der Waals surface area contributed by atoms with Gasteiger partial charge >= 0.3 is 0 Å². The summed E-state index contributed by atoms with van der Waals surface area (Å²) in [5.74, 6) is 0. The average Bonchev–Trinajstić information content (AvgIpc) is 2.18. The second-order valence-electron chi connectivity index (χ2n) is 4.06. The fourth-order valence-corrected chi connectivity index (χ4v) is 2.09. The molecular formula is C11H16BNO. The second-order valence-corrected chi connectivity index (χ2v) is 4.06. The van der Waals surface area contributed by atoms with Crippen LogP contribution in [0.25, 0.3) is 0 Å². The molecule has 3 heteroatoms. The molecule has 0 saturated carbocycles. The molecule has 0 radical (unpaired) electrons. The van der Waals surface area contributed by atoms with Crippen molar-refractivity contribution in [2.75, 3.05) is 6.54 Å². The zero-order chi connectivity index (χ0) is 10.1. The Morgan fingerprint density at radius 2 is 2.29 bits per heavy atom. The predicted octanol–water partition coefficient (Wildman–Crippen LogP) is -0.359. The van der Waals surface area contributed by atoms with Gasteiger partial charge in [0.15, 0.2) is 0 Å². The van der Waals surface area contributed by atoms with Gasteiger partial charge in [0, 0.05) is 13.1 Å². The van der Waals surface area contributed by atoms with E-state index in [0.29, 0.717) is 0 Å². The number of benzene rings is 1. The molecule has 2 nitrogen and oxygen atoms in total. The lowest BCUT2D eigenvalue weighted by Crippen LogP contribution is -2.39. The van der Waals surface area contributed by atoms with Crippen LogP contribution in [-0.4, -0.2) is 30.6 Å². The molecule has 14 heavy (non-hydrogen) atoms. The summed E-state index contributed by atoms with van der Waals surface area (Å²) in [4.78, 5) is 2.11. The minimum Gasteiger partial charge on any atom is -0.379 e. The summed E-state index contributed by atoms with van der Waals surface area (Å²) in [5.41, 5.74) is 4.19. The molecular weight excluding hydrogens is 173 g/mol. The van der Waals surface area contributed by atoms with Gasteiger partial charge in [0.25, 0.3) is 0 Å². The van der Waals surface area contributed by atoms with E-state index in [1.165, 1.54) is 16.6 Å². The standard InChI is InChI=1S/C11H16BNO/c1-8(14)13-6-5-9-3-2-4-11(12)10(9)7-13/h2-4,8,14H,5-7,12H2,1H3. The summed E-state index contributed by atoms with van der Waals surface area (Å²) in [7, 11) is 2.14. The first-order chi connectivity index (χ1) is 6.68. The van der Waals surface area contributed by atoms with Crippen LogP contribution >= 0.6 is 0 Å². The summed E-state index contributed by atoms with van der Waals surface area (Å²) < 4.78 is 0. The van der Waals surface area contributed by atoms with Crippen LogP contribution in [0.15, 0.2) is 18.2 Å². The van der Waals surface area contributed by atoms with E-state index in [2.05, 4.69) is 30.9 Å². The largest absolute Gasteiger partial charge is 0.379 e. The Bertz CT molecular complexity index is 338. The number of aliphatic hydroxyl groups is 1. The summed E-state index contributed by atoms with van der Waals surface area (Å²) >= 11 is 0. The minimum absolute atomic E-state index is 0.331. The van der Waals surface area contributed by atoms with Gasteiger partial charge in [-0.15, -0.1) is 0 Å². The molecule has 0 amide bonds. The Kier molecular flexibility index (Phi) is 2.61. The fourth-order valence-electron chi connectivity index (χ4n) is 2.09. The van der Waals surface area contributed by atoms with Gasteiger partial charge in [-0.3, -0.25) is 4.90 Å². The van der Waals surface area contributed by atoms with Crippen molar-refractivity contribution in [2.45, 2.75) is 26.1 Å². The lowest BCUT2D eigenvalue weighted by atomic mass is 9.85. The molecule has 1 aromatic rings. The smallest absolute Gasteiger partial charge is 0.139 e. The maximum absolute atomic E-state index is 9.52. The Morgan fingerprint density at radius 1 is 1.50 bits per heavy atom. The number of rotatable bonds is 1. The average molecular weight is 189 g/mol. The van der Waals surface area contributed by atoms with Crippen LogP contribution in [0.4, 0.5) is 0 Å². The summed E-state index contributed by atoms with van der Waals surface area (Å²) in [6.07, 6.45) is 0.727. The van der Waals surface area contributed by atoms with Crippen molar-refractivity contribution in [1.29, 1.82) is 0 Å². The van der Waals surface area contributed by atoms with E-state index < -0.39 is 0 Å². The summed E-state index contributed by atoms with van der Waals surface area (Å²) in [6.45, 7) is 3.69. The molecule has 1 heterocycles. The van der Waals surface area contributed by atoms with Gasteiger partial charge in [-0.1, -0.05) is 23.7 Å². The number of aliphatic hydroxyl groups excluding tert-OH is 1. The van der Waals surface area contributed by atoms with E-state index in [9.17, 15) is 5.11 Å². The molecule has 1 unspecified atom stereocenters. The Balaban J connectivity index is 2.29. The molecule has 1 atom stereocenters. The van der Waals surface area contributed by atoms with Crippen molar-refractivity contribution in [3.05, 3.63) is 29.3 Å². The van der Waals surface area contributed by atoms with Crippen LogP contribution in [0.2, 0.25) is 0 Å².